The van der Waals surface area contributed by atoms with Crippen molar-refractivity contribution in [3.63, 3.8) is 0 Å². The molecule has 1 aromatic rings. The van der Waals surface area contributed by atoms with Crippen molar-refractivity contribution in [3.05, 3.63) is 22.4 Å². The van der Waals surface area contributed by atoms with Crippen molar-refractivity contribution in [3.8, 4) is 0 Å². The molecule has 3 heteroatoms. The zero-order valence-corrected chi connectivity index (χ0v) is 14.1. The van der Waals surface area contributed by atoms with Gasteiger partial charge in [-0.25, -0.2) is 0 Å². The van der Waals surface area contributed by atoms with Crippen molar-refractivity contribution in [1.82, 2.24) is 10.2 Å². The molecule has 1 saturated carbocycles. The first-order valence-corrected chi connectivity index (χ1v) is 8.92. The number of hydrogen-bond acceptors (Lipinski definition) is 3. The third kappa shape index (κ3) is 4.87. The highest BCUT2D eigenvalue weighted by Crippen LogP contribution is 2.36. The first-order chi connectivity index (χ1) is 9.60. The lowest BCUT2D eigenvalue weighted by molar-refractivity contribution is 0.112. The van der Waals surface area contributed by atoms with Crippen LogP contribution in [0.5, 0.6) is 0 Å². The maximum absolute atomic E-state index is 3.70. The van der Waals surface area contributed by atoms with Crippen molar-refractivity contribution in [1.29, 1.82) is 0 Å². The lowest BCUT2D eigenvalue weighted by Gasteiger charge is -2.41. The average Bonchev–Trinajstić information content (AvgIpc) is 2.90. The van der Waals surface area contributed by atoms with Crippen LogP contribution in [-0.4, -0.2) is 31.1 Å². The summed E-state index contributed by atoms with van der Waals surface area (Å²) in [5, 5.41) is 5.88. The second-order valence-corrected chi connectivity index (χ2v) is 7.88. The van der Waals surface area contributed by atoms with Crippen LogP contribution >= 0.6 is 11.3 Å². The van der Waals surface area contributed by atoms with Crippen molar-refractivity contribution < 1.29 is 0 Å². The summed E-state index contributed by atoms with van der Waals surface area (Å²) in [7, 11) is 2.28. The van der Waals surface area contributed by atoms with E-state index in [1.54, 1.807) is 0 Å². The van der Waals surface area contributed by atoms with Gasteiger partial charge in [-0.1, -0.05) is 39.2 Å². The van der Waals surface area contributed by atoms with Gasteiger partial charge in [0.15, 0.2) is 0 Å². The fourth-order valence-corrected chi connectivity index (χ4v) is 4.19. The summed E-state index contributed by atoms with van der Waals surface area (Å²) in [6.07, 6.45) is 7.03. The molecule has 0 radical (unpaired) electrons. The van der Waals surface area contributed by atoms with Crippen LogP contribution in [0.4, 0.5) is 0 Å². The van der Waals surface area contributed by atoms with Crippen LogP contribution in [0.25, 0.3) is 0 Å². The molecule has 0 aliphatic heterocycles. The molecule has 0 atom stereocenters. The molecule has 1 fully saturated rings. The number of thiophene rings is 1. The van der Waals surface area contributed by atoms with Crippen molar-refractivity contribution in [2.24, 2.45) is 5.41 Å². The summed E-state index contributed by atoms with van der Waals surface area (Å²) < 4.78 is 0. The number of hydrogen-bond donors (Lipinski definition) is 1. The Labute approximate surface area is 128 Å². The molecule has 0 spiro atoms. The largest absolute Gasteiger partial charge is 0.314 e. The van der Waals surface area contributed by atoms with E-state index in [0.29, 0.717) is 11.5 Å². The summed E-state index contributed by atoms with van der Waals surface area (Å²) in [5.74, 6) is 0. The van der Waals surface area contributed by atoms with E-state index in [9.17, 15) is 0 Å². The highest BCUT2D eigenvalue weighted by molar-refractivity contribution is 7.09. The molecule has 20 heavy (non-hydrogen) atoms. The number of nitrogens with zero attached hydrogens (tertiary/aromatic N) is 1. The molecule has 2 rings (SSSR count). The molecule has 2 nitrogen and oxygen atoms in total. The molecule has 0 amide bonds. The molecular formula is C17H30N2S. The van der Waals surface area contributed by atoms with Gasteiger partial charge in [0.2, 0.25) is 0 Å². The van der Waals surface area contributed by atoms with Crippen LogP contribution < -0.4 is 5.32 Å². The van der Waals surface area contributed by atoms with Crippen molar-refractivity contribution >= 4 is 11.3 Å². The van der Waals surface area contributed by atoms with Crippen LogP contribution in [-0.2, 0) is 6.54 Å². The minimum Gasteiger partial charge on any atom is -0.314 e. The van der Waals surface area contributed by atoms with E-state index < -0.39 is 0 Å². The smallest absolute Gasteiger partial charge is 0.0325 e. The first kappa shape index (κ1) is 16.0. The maximum Gasteiger partial charge on any atom is 0.0325 e. The third-order valence-corrected chi connectivity index (χ3v) is 5.27. The molecular weight excluding hydrogens is 264 g/mol. The first-order valence-electron chi connectivity index (χ1n) is 8.04. The Balaban J connectivity index is 1.92. The molecule has 1 aromatic heterocycles. The molecule has 0 unspecified atom stereocenters. The molecule has 1 N–H and O–H groups in total. The fraction of sp³-hybridized carbons (Fsp3) is 0.765. The lowest BCUT2D eigenvalue weighted by atomic mass is 9.73. The third-order valence-electron chi connectivity index (χ3n) is 4.41. The van der Waals surface area contributed by atoms with Gasteiger partial charge in [0.25, 0.3) is 0 Å². The zero-order valence-electron chi connectivity index (χ0n) is 13.3. The van der Waals surface area contributed by atoms with E-state index in [2.05, 4.69) is 48.6 Å². The molecule has 0 saturated heterocycles. The molecule has 1 aliphatic rings. The van der Waals surface area contributed by atoms with E-state index in [4.69, 9.17) is 0 Å². The van der Waals surface area contributed by atoms with E-state index >= 15 is 0 Å². The van der Waals surface area contributed by atoms with E-state index in [1.807, 2.05) is 11.3 Å². The quantitative estimate of drug-likeness (QED) is 0.813. The molecule has 0 bridgehead atoms. The molecule has 1 aliphatic carbocycles. The van der Waals surface area contributed by atoms with Crippen LogP contribution in [0.15, 0.2) is 17.5 Å². The molecule has 1 heterocycles. The van der Waals surface area contributed by atoms with Gasteiger partial charge in [-0.3, -0.25) is 0 Å². The van der Waals surface area contributed by atoms with Gasteiger partial charge in [-0.15, -0.1) is 11.3 Å². The Morgan fingerprint density at radius 2 is 2.05 bits per heavy atom. The summed E-state index contributed by atoms with van der Waals surface area (Å²) in [5.41, 5.74) is 0.495. The average molecular weight is 295 g/mol. The van der Waals surface area contributed by atoms with E-state index in [-0.39, 0.29) is 0 Å². The molecule has 0 aromatic carbocycles. The topological polar surface area (TPSA) is 15.3 Å². The Morgan fingerprint density at radius 3 is 2.65 bits per heavy atom. The van der Waals surface area contributed by atoms with E-state index in [1.165, 1.54) is 50.1 Å². The van der Waals surface area contributed by atoms with Crippen LogP contribution in [0.2, 0.25) is 0 Å². The van der Waals surface area contributed by atoms with Crippen molar-refractivity contribution in [2.75, 3.05) is 20.1 Å². The monoisotopic (exact) mass is 294 g/mol. The van der Waals surface area contributed by atoms with Gasteiger partial charge >= 0.3 is 0 Å². The second-order valence-electron chi connectivity index (χ2n) is 6.85. The van der Waals surface area contributed by atoms with Gasteiger partial charge in [-0.05, 0) is 36.8 Å². The Kier molecular flexibility index (Phi) is 6.06. The summed E-state index contributed by atoms with van der Waals surface area (Å²) in [6.45, 7) is 8.02. The molecule has 114 valence electrons. The van der Waals surface area contributed by atoms with Crippen molar-refractivity contribution in [2.45, 2.75) is 58.5 Å². The van der Waals surface area contributed by atoms with Crippen LogP contribution in [0, 0.1) is 5.41 Å². The standard InChI is InChI=1S/C17H30N2S/c1-15(2)18-13-17(9-5-4-6-10-17)14-19(3)12-16-8-7-11-20-16/h7-8,11,15,18H,4-6,9-10,12-14H2,1-3H3. The number of rotatable bonds is 7. The zero-order chi connectivity index (χ0) is 14.4. The van der Waals surface area contributed by atoms with Crippen LogP contribution in [0.3, 0.4) is 0 Å². The Bertz CT molecular complexity index is 366. The van der Waals surface area contributed by atoms with E-state index in [0.717, 1.165) is 6.54 Å². The summed E-state index contributed by atoms with van der Waals surface area (Å²) in [4.78, 5) is 4.01. The lowest BCUT2D eigenvalue weighted by Crippen LogP contribution is -2.45. The fourth-order valence-electron chi connectivity index (χ4n) is 3.41. The van der Waals surface area contributed by atoms with Gasteiger partial charge in [-0.2, -0.15) is 0 Å². The maximum atomic E-state index is 3.70. The van der Waals surface area contributed by atoms with Gasteiger partial charge < -0.3 is 10.2 Å². The van der Waals surface area contributed by atoms with Gasteiger partial charge in [0.05, 0.1) is 0 Å². The normalized spacial score (nSPS) is 18.9. The van der Waals surface area contributed by atoms with Gasteiger partial charge in [0.1, 0.15) is 0 Å². The summed E-state index contributed by atoms with van der Waals surface area (Å²) in [6, 6.07) is 5.00. The van der Waals surface area contributed by atoms with Crippen LogP contribution in [0.1, 0.15) is 50.8 Å². The predicted octanol–water partition coefficient (Wildman–Crippen LogP) is 4.13. The Morgan fingerprint density at radius 1 is 1.30 bits per heavy atom. The SMILES string of the molecule is CC(C)NCC1(CN(C)Cc2cccs2)CCCCC1. The predicted molar refractivity (Wildman–Crippen MR) is 89.3 cm³/mol. The summed E-state index contributed by atoms with van der Waals surface area (Å²) >= 11 is 1.87. The highest BCUT2D eigenvalue weighted by atomic mass is 32.1. The number of nitrogens with one attached hydrogen (secondary N) is 1. The second kappa shape index (κ2) is 7.58. The van der Waals surface area contributed by atoms with Gasteiger partial charge in [0, 0.05) is 30.6 Å². The highest BCUT2D eigenvalue weighted by Gasteiger charge is 2.33. The minimum atomic E-state index is 0.495. The Hall–Kier alpha value is -0.380. The minimum absolute atomic E-state index is 0.495.